The topological polar surface area (TPSA) is 348 Å². The van der Waals surface area contributed by atoms with Crippen LogP contribution in [0.2, 0.25) is 0 Å². The van der Waals surface area contributed by atoms with E-state index in [2.05, 4.69) is 44.5 Å². The first kappa shape index (κ1) is 38.9. The van der Waals surface area contributed by atoms with E-state index < -0.39 is 90.8 Å². The van der Waals surface area contributed by atoms with Crippen LogP contribution < -0.4 is 5.32 Å². The zero-order valence-corrected chi connectivity index (χ0v) is 27.9. The van der Waals surface area contributed by atoms with Gasteiger partial charge in [0.2, 0.25) is 5.91 Å². The van der Waals surface area contributed by atoms with Gasteiger partial charge in [-0.3, -0.25) is 24.0 Å². The molecule has 4 aromatic carbocycles. The second kappa shape index (κ2) is 16.0. The number of nitrogens with zero attached hydrogens (tertiary/aromatic N) is 5. The van der Waals surface area contributed by atoms with Crippen LogP contribution in [0.25, 0.3) is 10.8 Å². The molecule has 0 saturated heterocycles. The Hall–Kier alpha value is -4.91. The van der Waals surface area contributed by atoms with Crippen molar-refractivity contribution in [1.82, 2.24) is 0 Å². The van der Waals surface area contributed by atoms with E-state index in [1.54, 1.807) is 0 Å². The largest absolute Gasteiger partial charge is 0.505 e. The summed E-state index contributed by atoms with van der Waals surface area (Å²) in [6, 6.07) is 7.48. The Bertz CT molecular complexity index is 2320. The van der Waals surface area contributed by atoms with Crippen LogP contribution in [-0.4, -0.2) is 57.5 Å². The lowest BCUT2D eigenvalue weighted by molar-refractivity contribution is -0.432. The predicted octanol–water partition coefficient (Wildman–Crippen LogP) is 6.30. The van der Waals surface area contributed by atoms with Crippen molar-refractivity contribution in [2.75, 3.05) is 5.32 Å². The molecule has 0 aliphatic carbocycles. The highest BCUT2D eigenvalue weighted by Gasteiger charge is 2.27. The zero-order chi connectivity index (χ0) is 37.7. The summed E-state index contributed by atoms with van der Waals surface area (Å²) in [6.07, 6.45) is 0. The number of amides is 1. The van der Waals surface area contributed by atoms with E-state index in [0.29, 0.717) is 6.07 Å². The van der Waals surface area contributed by atoms with Gasteiger partial charge in [-0.05, 0) is 36.4 Å². The summed E-state index contributed by atoms with van der Waals surface area (Å²) >= 11 is 0.331. The number of phenols is 2. The van der Waals surface area contributed by atoms with Crippen LogP contribution in [0, 0.1) is 10.1 Å². The predicted molar refractivity (Wildman–Crippen MR) is 170 cm³/mol. The van der Waals surface area contributed by atoms with Gasteiger partial charge in [0.05, 0.1) is 44.2 Å². The molecule has 0 heterocycles. The molecule has 0 fully saturated rings. The van der Waals surface area contributed by atoms with E-state index in [1.807, 2.05) is 0 Å². The molecule has 0 bridgehead atoms. The maximum atomic E-state index is 12.5. The number of hydrogen-bond acceptors (Lipinski definition) is 21. The van der Waals surface area contributed by atoms with Gasteiger partial charge in [0.1, 0.15) is 32.5 Å². The molecule has 0 aliphatic rings. The first-order valence-corrected chi connectivity index (χ1v) is 17.2. The molecule has 0 spiro atoms. The summed E-state index contributed by atoms with van der Waals surface area (Å²) in [5.74, 6) is -2.70. The molecular weight excluding hydrogens is 773 g/mol. The van der Waals surface area contributed by atoms with Gasteiger partial charge >= 0.3 is 0 Å². The monoisotopic (exact) mass is 790 g/mol. The second-order valence-electron chi connectivity index (χ2n) is 9.31. The van der Waals surface area contributed by atoms with E-state index in [1.165, 1.54) is 6.07 Å². The smallest absolute Gasteiger partial charge is 0.296 e. The molecule has 23 nitrogen and oxygen atoms in total. The normalized spacial score (nSPS) is 12.3. The number of nitrogens with one attached hydrogen (secondary N) is 1. The highest BCUT2D eigenvalue weighted by molar-refractivity contribution is 7.95. The molecule has 4 rings (SSSR count). The maximum absolute atomic E-state index is 12.5. The molecule has 7 N–H and O–H groups in total. The summed E-state index contributed by atoms with van der Waals surface area (Å²) in [4.78, 5) is 19.4. The van der Waals surface area contributed by atoms with Gasteiger partial charge in [-0.1, -0.05) is 10.1 Å². The molecule has 51 heavy (non-hydrogen) atoms. The number of nitro benzene ring substituents is 1. The molecule has 0 aliphatic heterocycles. The van der Waals surface area contributed by atoms with E-state index in [9.17, 15) is 51.1 Å². The van der Waals surface area contributed by atoms with Crippen molar-refractivity contribution in [2.24, 2.45) is 20.5 Å². The van der Waals surface area contributed by atoms with Gasteiger partial charge in [-0.15, -0.1) is 29.1 Å². The van der Waals surface area contributed by atoms with Crippen LogP contribution in [0.3, 0.4) is 0 Å². The van der Waals surface area contributed by atoms with Crippen molar-refractivity contribution < 1.29 is 75.1 Å². The molecule has 1 amide bonds. The minimum atomic E-state index is -5.22. The fourth-order valence-electron chi connectivity index (χ4n) is 4.08. The number of carbonyl (C=O) groups excluding carboxylic acids is 1. The molecule has 0 saturated carbocycles. The van der Waals surface area contributed by atoms with Gasteiger partial charge in [0, 0.05) is 30.1 Å². The van der Waals surface area contributed by atoms with Crippen molar-refractivity contribution in [3.05, 3.63) is 58.6 Å². The van der Waals surface area contributed by atoms with Crippen molar-refractivity contribution in [3.63, 3.8) is 0 Å². The highest BCUT2D eigenvalue weighted by atomic mass is 32.2. The van der Waals surface area contributed by atoms with Crippen molar-refractivity contribution in [2.45, 2.75) is 26.5 Å². The third-order valence-corrected chi connectivity index (χ3v) is 9.11. The van der Waals surface area contributed by atoms with Crippen molar-refractivity contribution in [3.8, 4) is 11.5 Å². The third kappa shape index (κ3) is 9.26. The SMILES string of the molecule is CC(=O)Nc1ccc(N=Nc2c(SOOO)cc3c(S(=O)(=O)O)cc(N=Nc4ccc([N+](=O)[O-])cc4SOOO)c(O)c3c2O)c(S(=O)(=O)O)c1. The first-order valence-electron chi connectivity index (χ1n) is 12.8. The highest BCUT2D eigenvalue weighted by Crippen LogP contribution is 2.51. The van der Waals surface area contributed by atoms with Crippen LogP contribution in [0.4, 0.5) is 34.1 Å². The summed E-state index contributed by atoms with van der Waals surface area (Å²) < 4.78 is 77.6. The Labute approximate surface area is 291 Å². The lowest BCUT2D eigenvalue weighted by Gasteiger charge is -2.14. The number of carbonyl (C=O) groups is 1. The molecule has 270 valence electrons. The summed E-state index contributed by atoms with van der Waals surface area (Å²) in [5, 5.41) is 73.8. The van der Waals surface area contributed by atoms with Crippen LogP contribution >= 0.6 is 24.1 Å². The minimum Gasteiger partial charge on any atom is -0.505 e. The van der Waals surface area contributed by atoms with E-state index >= 15 is 0 Å². The Kier molecular flexibility index (Phi) is 12.2. The van der Waals surface area contributed by atoms with Gasteiger partial charge < -0.3 is 15.5 Å². The molecule has 0 unspecified atom stereocenters. The average Bonchev–Trinajstić information content (AvgIpc) is 3.04. The van der Waals surface area contributed by atoms with Crippen LogP contribution in [0.15, 0.2) is 88.6 Å². The number of non-ortho nitro benzene ring substituents is 1. The first-order chi connectivity index (χ1) is 24.0. The second-order valence-corrected chi connectivity index (χ2v) is 13.6. The Morgan fingerprint density at radius 1 is 0.784 bits per heavy atom. The summed E-state index contributed by atoms with van der Waals surface area (Å²) in [5.41, 5.74) is -2.74. The molecule has 0 radical (unpaired) electrons. The number of nitro groups is 1. The Balaban J connectivity index is 1.97. The molecule has 0 aromatic heterocycles. The Morgan fingerprint density at radius 2 is 1.37 bits per heavy atom. The number of benzene rings is 4. The number of anilines is 1. The third-order valence-electron chi connectivity index (χ3n) is 6.07. The summed E-state index contributed by atoms with van der Waals surface area (Å²) in [7, 11) is -10.2. The number of azo groups is 2. The van der Waals surface area contributed by atoms with Crippen LogP contribution in [0.5, 0.6) is 11.5 Å². The number of aromatic hydroxyl groups is 2. The van der Waals surface area contributed by atoms with E-state index in [0.717, 1.165) is 43.3 Å². The number of fused-ring (bicyclic) bond motifs is 1. The average molecular weight is 791 g/mol. The van der Waals surface area contributed by atoms with Gasteiger partial charge in [-0.25, -0.2) is 10.5 Å². The maximum Gasteiger partial charge on any atom is 0.296 e. The van der Waals surface area contributed by atoms with Crippen molar-refractivity contribution in [1.29, 1.82) is 0 Å². The van der Waals surface area contributed by atoms with Crippen LogP contribution in [0.1, 0.15) is 6.92 Å². The fraction of sp³-hybridized carbons (Fsp3) is 0.0417. The standard InChI is InChI=1S/C24H18N6O17S4/c1-10(31)25-11-2-4-15(20(6-11)51(41,42)43)27-29-22-18(49-47-45-37)8-13-19(50(38,39)40)9-16(23(32)21(13)24(22)33)28-26-14-5-3-12(30(34)35)7-17(14)48-46-44-36/h2-9,32-33,36-37H,1H3,(H,25,31)(H,38,39,40)(H,41,42,43). The fourth-order valence-corrected chi connectivity index (χ4v) is 6.38. The minimum absolute atomic E-state index is 0.0644. The van der Waals surface area contributed by atoms with Gasteiger partial charge in [0.25, 0.3) is 25.9 Å². The van der Waals surface area contributed by atoms with Gasteiger partial charge in [0.15, 0.2) is 11.5 Å². The van der Waals surface area contributed by atoms with E-state index in [-0.39, 0.29) is 40.4 Å². The number of rotatable bonds is 14. The zero-order valence-electron chi connectivity index (χ0n) is 24.7. The summed E-state index contributed by atoms with van der Waals surface area (Å²) in [6.45, 7) is 1.13. The number of hydrogen-bond donors (Lipinski definition) is 7. The lowest BCUT2D eigenvalue weighted by Crippen LogP contribution is -2.07. The quantitative estimate of drug-likeness (QED) is 0.0184. The van der Waals surface area contributed by atoms with Crippen LogP contribution in [-0.2, 0) is 43.8 Å². The molecule has 27 heteroatoms. The van der Waals surface area contributed by atoms with Gasteiger partial charge in [-0.2, -0.15) is 16.8 Å². The van der Waals surface area contributed by atoms with Crippen molar-refractivity contribution >= 4 is 95.1 Å². The van der Waals surface area contributed by atoms with E-state index in [4.69, 9.17) is 10.5 Å². The molecule has 0 atom stereocenters. The molecule has 4 aromatic rings. The Morgan fingerprint density at radius 3 is 1.96 bits per heavy atom. The molecular formula is C24H18N6O17S4. The lowest BCUT2D eigenvalue weighted by atomic mass is 10.1. The number of phenolic OH excluding ortho intramolecular Hbond substituents is 2.